The second kappa shape index (κ2) is 6.23. The molecular weight excluding hydrogens is 276 g/mol. The number of β-amino-alcohol motifs (C(OH)–C–C–N with tert-alkyl or cyclic N) is 1. The molecular formula is C13H20N4O4. The van der Waals surface area contributed by atoms with Crippen LogP contribution in [0.1, 0.15) is 10.4 Å². The molecule has 0 aliphatic carbocycles. The Balaban J connectivity index is 2.19. The van der Waals surface area contributed by atoms with E-state index in [0.29, 0.717) is 32.7 Å². The lowest BCUT2D eigenvalue weighted by atomic mass is 10.2. The first-order chi connectivity index (χ1) is 9.95. The summed E-state index contributed by atoms with van der Waals surface area (Å²) in [5, 5.41) is 8.90. The largest absolute Gasteiger partial charge is 0.395 e. The molecule has 0 aromatic carbocycles. The Labute approximate surface area is 121 Å². The minimum atomic E-state index is -0.569. The average molecular weight is 296 g/mol. The number of hydrogen-bond donors (Lipinski definition) is 1. The number of amides is 1. The highest BCUT2D eigenvalue weighted by molar-refractivity contribution is 5.93. The maximum Gasteiger partial charge on any atom is 0.330 e. The first-order valence-electron chi connectivity index (χ1n) is 6.85. The summed E-state index contributed by atoms with van der Waals surface area (Å²) < 4.78 is 2.17. The van der Waals surface area contributed by atoms with Gasteiger partial charge in [-0.15, -0.1) is 0 Å². The van der Waals surface area contributed by atoms with E-state index in [1.165, 1.54) is 24.9 Å². The summed E-state index contributed by atoms with van der Waals surface area (Å²) in [5.74, 6) is -0.352. The Morgan fingerprint density at radius 1 is 1.19 bits per heavy atom. The van der Waals surface area contributed by atoms with Crippen molar-refractivity contribution in [1.29, 1.82) is 0 Å². The van der Waals surface area contributed by atoms with Crippen molar-refractivity contribution in [3.63, 3.8) is 0 Å². The van der Waals surface area contributed by atoms with Crippen molar-refractivity contribution in [2.45, 2.75) is 0 Å². The second-order valence-corrected chi connectivity index (χ2v) is 5.16. The number of aliphatic hydroxyl groups is 1. The van der Waals surface area contributed by atoms with E-state index in [0.717, 1.165) is 4.57 Å². The molecule has 116 valence electrons. The molecule has 0 radical (unpaired) electrons. The highest BCUT2D eigenvalue weighted by Gasteiger charge is 2.24. The predicted octanol–water partition coefficient (Wildman–Crippen LogP) is -2.17. The molecule has 8 heteroatoms. The summed E-state index contributed by atoms with van der Waals surface area (Å²) in [7, 11) is 2.87. The van der Waals surface area contributed by atoms with Gasteiger partial charge < -0.3 is 14.6 Å². The molecule has 1 amide bonds. The summed E-state index contributed by atoms with van der Waals surface area (Å²) in [5.41, 5.74) is -1.01. The van der Waals surface area contributed by atoms with Crippen molar-refractivity contribution in [3.8, 4) is 0 Å². The van der Waals surface area contributed by atoms with E-state index in [-0.39, 0.29) is 18.1 Å². The van der Waals surface area contributed by atoms with Crippen LogP contribution >= 0.6 is 0 Å². The van der Waals surface area contributed by atoms with Crippen LogP contribution in [0.5, 0.6) is 0 Å². The maximum atomic E-state index is 12.4. The number of carbonyl (C=O) groups excluding carboxylic acids is 1. The van der Waals surface area contributed by atoms with Crippen LogP contribution in [0.2, 0.25) is 0 Å². The Morgan fingerprint density at radius 3 is 2.38 bits per heavy atom. The fourth-order valence-corrected chi connectivity index (χ4v) is 2.44. The van der Waals surface area contributed by atoms with Crippen molar-refractivity contribution in [3.05, 3.63) is 32.6 Å². The third kappa shape index (κ3) is 3.06. The van der Waals surface area contributed by atoms with Crippen molar-refractivity contribution >= 4 is 5.91 Å². The molecule has 0 unspecified atom stereocenters. The van der Waals surface area contributed by atoms with Gasteiger partial charge in [0.15, 0.2) is 0 Å². The van der Waals surface area contributed by atoms with Crippen LogP contribution in [0.3, 0.4) is 0 Å². The summed E-state index contributed by atoms with van der Waals surface area (Å²) in [4.78, 5) is 39.8. The average Bonchev–Trinajstić information content (AvgIpc) is 2.49. The Morgan fingerprint density at radius 2 is 1.81 bits per heavy atom. The molecule has 2 heterocycles. The molecule has 1 aliphatic heterocycles. The fraction of sp³-hybridized carbons (Fsp3) is 0.615. The molecule has 0 spiro atoms. The van der Waals surface area contributed by atoms with Crippen LogP contribution in [0.4, 0.5) is 0 Å². The molecule has 1 aliphatic rings. The van der Waals surface area contributed by atoms with Gasteiger partial charge in [-0.05, 0) is 0 Å². The fourth-order valence-electron chi connectivity index (χ4n) is 2.44. The number of piperazine rings is 1. The predicted molar refractivity (Wildman–Crippen MR) is 76.4 cm³/mol. The van der Waals surface area contributed by atoms with Gasteiger partial charge in [-0.3, -0.25) is 19.1 Å². The molecule has 8 nitrogen and oxygen atoms in total. The zero-order chi connectivity index (χ0) is 15.6. The molecule has 0 saturated carbocycles. The Kier molecular flexibility index (Phi) is 4.59. The number of aromatic nitrogens is 2. The van der Waals surface area contributed by atoms with E-state index < -0.39 is 11.2 Å². The van der Waals surface area contributed by atoms with Gasteiger partial charge >= 0.3 is 5.69 Å². The van der Waals surface area contributed by atoms with Crippen molar-refractivity contribution in [1.82, 2.24) is 18.9 Å². The summed E-state index contributed by atoms with van der Waals surface area (Å²) >= 11 is 0. The number of aliphatic hydroxyl groups excluding tert-OH is 1. The standard InChI is InChI=1S/C13H20N4O4/c1-14-9-10(11(19)15(2)13(14)21)12(20)17-5-3-16(4-6-17)7-8-18/h9,18H,3-8H2,1-2H3. The van der Waals surface area contributed by atoms with Gasteiger partial charge in [0.1, 0.15) is 5.56 Å². The van der Waals surface area contributed by atoms with Gasteiger partial charge in [0, 0.05) is 53.0 Å². The van der Waals surface area contributed by atoms with Gasteiger partial charge in [0.05, 0.1) is 6.61 Å². The first kappa shape index (κ1) is 15.5. The highest BCUT2D eigenvalue weighted by Crippen LogP contribution is 2.05. The zero-order valence-corrected chi connectivity index (χ0v) is 12.3. The number of rotatable bonds is 3. The van der Waals surface area contributed by atoms with E-state index in [1.54, 1.807) is 4.90 Å². The van der Waals surface area contributed by atoms with Gasteiger partial charge in [-0.2, -0.15) is 0 Å². The number of nitrogens with zero attached hydrogens (tertiary/aromatic N) is 4. The van der Waals surface area contributed by atoms with E-state index in [9.17, 15) is 14.4 Å². The van der Waals surface area contributed by atoms with Crippen molar-refractivity contribution in [2.75, 3.05) is 39.3 Å². The number of aryl methyl sites for hydroxylation is 1. The smallest absolute Gasteiger partial charge is 0.330 e. The molecule has 1 saturated heterocycles. The monoisotopic (exact) mass is 296 g/mol. The normalized spacial score (nSPS) is 16.2. The van der Waals surface area contributed by atoms with Gasteiger partial charge in [0.25, 0.3) is 11.5 Å². The van der Waals surface area contributed by atoms with Crippen molar-refractivity contribution in [2.24, 2.45) is 14.1 Å². The lowest BCUT2D eigenvalue weighted by molar-refractivity contribution is 0.0611. The molecule has 1 aromatic rings. The summed E-state index contributed by atoms with van der Waals surface area (Å²) in [6.45, 7) is 3.02. The molecule has 21 heavy (non-hydrogen) atoms. The lowest BCUT2D eigenvalue weighted by Gasteiger charge is -2.34. The van der Waals surface area contributed by atoms with Crippen LogP contribution in [0, 0.1) is 0 Å². The topological polar surface area (TPSA) is 87.8 Å². The van der Waals surface area contributed by atoms with Crippen LogP contribution in [-0.4, -0.2) is 69.3 Å². The minimum absolute atomic E-state index is 0.00945. The lowest BCUT2D eigenvalue weighted by Crippen LogP contribution is -2.51. The van der Waals surface area contributed by atoms with Gasteiger partial charge in [-0.1, -0.05) is 0 Å². The van der Waals surface area contributed by atoms with Gasteiger partial charge in [-0.25, -0.2) is 4.79 Å². The van der Waals surface area contributed by atoms with E-state index in [2.05, 4.69) is 4.90 Å². The van der Waals surface area contributed by atoms with E-state index in [1.807, 2.05) is 0 Å². The molecule has 2 rings (SSSR count). The van der Waals surface area contributed by atoms with Crippen LogP contribution in [0.25, 0.3) is 0 Å². The molecule has 1 N–H and O–H groups in total. The summed E-state index contributed by atoms with van der Waals surface area (Å²) in [6, 6.07) is 0. The molecule has 1 fully saturated rings. The third-order valence-electron chi connectivity index (χ3n) is 3.75. The summed E-state index contributed by atoms with van der Waals surface area (Å²) in [6.07, 6.45) is 1.30. The second-order valence-electron chi connectivity index (χ2n) is 5.16. The molecule has 1 aromatic heterocycles. The SMILES string of the molecule is Cn1cc(C(=O)N2CCN(CCO)CC2)c(=O)n(C)c1=O. The number of carbonyl (C=O) groups is 1. The molecule has 0 bridgehead atoms. The highest BCUT2D eigenvalue weighted by atomic mass is 16.3. The van der Waals surface area contributed by atoms with E-state index >= 15 is 0 Å². The van der Waals surface area contributed by atoms with Crippen molar-refractivity contribution < 1.29 is 9.90 Å². The quantitative estimate of drug-likeness (QED) is 0.686. The minimum Gasteiger partial charge on any atom is -0.395 e. The zero-order valence-electron chi connectivity index (χ0n) is 12.3. The van der Waals surface area contributed by atoms with Crippen LogP contribution in [0.15, 0.2) is 15.8 Å². The molecule has 0 atom stereocenters. The Bertz CT molecular complexity index is 641. The first-order valence-corrected chi connectivity index (χ1v) is 6.85. The van der Waals surface area contributed by atoms with Crippen LogP contribution < -0.4 is 11.2 Å². The van der Waals surface area contributed by atoms with Crippen LogP contribution in [-0.2, 0) is 14.1 Å². The maximum absolute atomic E-state index is 12.4. The van der Waals surface area contributed by atoms with Gasteiger partial charge in [0.2, 0.25) is 0 Å². The Hall–Kier alpha value is -1.93. The van der Waals surface area contributed by atoms with E-state index in [4.69, 9.17) is 5.11 Å². The third-order valence-corrected chi connectivity index (χ3v) is 3.75. The number of hydrogen-bond acceptors (Lipinski definition) is 5.